The Bertz CT molecular complexity index is 825. The fourth-order valence-corrected chi connectivity index (χ4v) is 3.60. The standard InChI is InChI=1S/C23H28N2O3/c1-23(2,19-9-5-4-6-10-19)22(27)25-14-12-24(13-15-25)21(26)17-18-8-7-11-20(16-18)28-3/h4-11,16H,12-15,17H2,1-3H3. The molecule has 0 atom stereocenters. The van der Waals surface area contributed by atoms with Crippen LogP contribution in [0.2, 0.25) is 0 Å². The zero-order valence-corrected chi connectivity index (χ0v) is 16.9. The quantitative estimate of drug-likeness (QED) is 0.801. The van der Waals surface area contributed by atoms with Gasteiger partial charge in [-0.3, -0.25) is 9.59 Å². The molecule has 28 heavy (non-hydrogen) atoms. The third-order valence-electron chi connectivity index (χ3n) is 5.44. The van der Waals surface area contributed by atoms with Crippen LogP contribution in [0.5, 0.6) is 5.75 Å². The van der Waals surface area contributed by atoms with E-state index < -0.39 is 5.41 Å². The second kappa shape index (κ2) is 8.46. The minimum absolute atomic E-state index is 0.0858. The van der Waals surface area contributed by atoms with Crippen LogP contribution in [-0.2, 0) is 21.4 Å². The molecule has 0 spiro atoms. The Morgan fingerprint density at radius 1 is 0.929 bits per heavy atom. The van der Waals surface area contributed by atoms with Crippen molar-refractivity contribution in [1.29, 1.82) is 0 Å². The molecule has 3 rings (SSSR count). The maximum Gasteiger partial charge on any atom is 0.232 e. The number of hydrogen-bond donors (Lipinski definition) is 0. The molecule has 5 nitrogen and oxygen atoms in total. The summed E-state index contributed by atoms with van der Waals surface area (Å²) in [6.45, 7) is 6.20. The van der Waals surface area contributed by atoms with E-state index in [1.54, 1.807) is 7.11 Å². The van der Waals surface area contributed by atoms with Gasteiger partial charge in [-0.1, -0.05) is 42.5 Å². The van der Waals surface area contributed by atoms with Crippen LogP contribution in [0.15, 0.2) is 54.6 Å². The molecule has 1 saturated heterocycles. The van der Waals surface area contributed by atoms with E-state index in [-0.39, 0.29) is 11.8 Å². The van der Waals surface area contributed by atoms with Crippen molar-refractivity contribution in [2.45, 2.75) is 25.7 Å². The van der Waals surface area contributed by atoms with Crippen LogP contribution < -0.4 is 4.74 Å². The molecule has 1 fully saturated rings. The Balaban J connectivity index is 1.57. The first-order valence-corrected chi connectivity index (χ1v) is 9.67. The van der Waals surface area contributed by atoms with Gasteiger partial charge in [0.1, 0.15) is 5.75 Å². The van der Waals surface area contributed by atoms with Gasteiger partial charge in [0.2, 0.25) is 11.8 Å². The molecule has 0 aliphatic carbocycles. The fraction of sp³-hybridized carbons (Fsp3) is 0.391. The highest BCUT2D eigenvalue weighted by Crippen LogP contribution is 2.26. The van der Waals surface area contributed by atoms with Crippen molar-refractivity contribution < 1.29 is 14.3 Å². The number of methoxy groups -OCH3 is 1. The van der Waals surface area contributed by atoms with E-state index in [0.29, 0.717) is 32.6 Å². The molecule has 0 aromatic heterocycles. The Morgan fingerprint density at radius 2 is 1.57 bits per heavy atom. The van der Waals surface area contributed by atoms with Crippen molar-refractivity contribution in [2.75, 3.05) is 33.3 Å². The molecular formula is C23H28N2O3. The topological polar surface area (TPSA) is 49.9 Å². The lowest BCUT2D eigenvalue weighted by Gasteiger charge is -2.39. The highest BCUT2D eigenvalue weighted by atomic mass is 16.5. The van der Waals surface area contributed by atoms with Crippen LogP contribution in [0.1, 0.15) is 25.0 Å². The fourth-order valence-electron chi connectivity index (χ4n) is 3.60. The lowest BCUT2D eigenvalue weighted by Crippen LogP contribution is -2.54. The number of rotatable bonds is 5. The van der Waals surface area contributed by atoms with Crippen LogP contribution in [0.3, 0.4) is 0 Å². The second-order valence-electron chi connectivity index (χ2n) is 7.69. The van der Waals surface area contributed by atoms with Crippen LogP contribution in [0.25, 0.3) is 0 Å². The number of hydrogen-bond acceptors (Lipinski definition) is 3. The van der Waals surface area contributed by atoms with Crippen molar-refractivity contribution in [1.82, 2.24) is 9.80 Å². The molecule has 0 saturated carbocycles. The smallest absolute Gasteiger partial charge is 0.232 e. The summed E-state index contributed by atoms with van der Waals surface area (Å²) in [7, 11) is 1.62. The second-order valence-corrected chi connectivity index (χ2v) is 7.69. The Morgan fingerprint density at radius 3 is 2.21 bits per heavy atom. The first kappa shape index (κ1) is 19.9. The zero-order valence-electron chi connectivity index (χ0n) is 16.9. The van der Waals surface area contributed by atoms with E-state index in [0.717, 1.165) is 16.9 Å². The molecule has 0 unspecified atom stereocenters. The van der Waals surface area contributed by atoms with Crippen LogP contribution in [0, 0.1) is 0 Å². The molecule has 148 valence electrons. The Kier molecular flexibility index (Phi) is 6.02. The molecule has 2 amide bonds. The van der Waals surface area contributed by atoms with E-state index in [2.05, 4.69) is 0 Å². The summed E-state index contributed by atoms with van der Waals surface area (Å²) in [6.07, 6.45) is 0.348. The van der Waals surface area contributed by atoms with E-state index >= 15 is 0 Å². The van der Waals surface area contributed by atoms with Gasteiger partial charge >= 0.3 is 0 Å². The average molecular weight is 380 g/mol. The van der Waals surface area contributed by atoms with Crippen molar-refractivity contribution in [2.24, 2.45) is 0 Å². The third kappa shape index (κ3) is 4.35. The molecule has 1 aliphatic heterocycles. The first-order chi connectivity index (χ1) is 13.4. The lowest BCUT2D eigenvalue weighted by atomic mass is 9.83. The number of ether oxygens (including phenoxy) is 1. The van der Waals surface area contributed by atoms with Crippen molar-refractivity contribution in [3.05, 3.63) is 65.7 Å². The third-order valence-corrected chi connectivity index (χ3v) is 5.44. The van der Waals surface area contributed by atoms with Gasteiger partial charge in [0, 0.05) is 26.2 Å². The maximum absolute atomic E-state index is 13.1. The van der Waals surface area contributed by atoms with Gasteiger partial charge in [0.05, 0.1) is 18.9 Å². The molecule has 5 heteroatoms. The summed E-state index contributed by atoms with van der Waals surface area (Å²) < 4.78 is 5.22. The summed E-state index contributed by atoms with van der Waals surface area (Å²) in [5.41, 5.74) is 1.37. The molecule has 2 aromatic carbocycles. The van der Waals surface area contributed by atoms with Gasteiger partial charge in [0.15, 0.2) is 0 Å². The minimum atomic E-state index is -0.575. The largest absolute Gasteiger partial charge is 0.497 e. The summed E-state index contributed by atoms with van der Waals surface area (Å²) in [4.78, 5) is 29.4. The van der Waals surface area contributed by atoms with Crippen LogP contribution in [0.4, 0.5) is 0 Å². The zero-order chi connectivity index (χ0) is 20.1. The number of amides is 2. The van der Waals surface area contributed by atoms with Gasteiger partial charge in [-0.2, -0.15) is 0 Å². The predicted octanol–water partition coefficient (Wildman–Crippen LogP) is 2.89. The number of piperazine rings is 1. The van der Waals surface area contributed by atoms with Gasteiger partial charge in [-0.25, -0.2) is 0 Å². The van der Waals surface area contributed by atoms with E-state index in [4.69, 9.17) is 4.74 Å². The summed E-state index contributed by atoms with van der Waals surface area (Å²) in [5, 5.41) is 0. The first-order valence-electron chi connectivity index (χ1n) is 9.67. The highest BCUT2D eigenvalue weighted by Gasteiger charge is 2.35. The van der Waals surface area contributed by atoms with Crippen molar-refractivity contribution >= 4 is 11.8 Å². The maximum atomic E-state index is 13.1. The number of nitrogens with zero attached hydrogens (tertiary/aromatic N) is 2. The Hall–Kier alpha value is -2.82. The molecule has 0 radical (unpaired) electrons. The van der Waals surface area contributed by atoms with Gasteiger partial charge < -0.3 is 14.5 Å². The van der Waals surface area contributed by atoms with Crippen molar-refractivity contribution in [3.8, 4) is 5.75 Å². The van der Waals surface area contributed by atoms with Crippen LogP contribution >= 0.6 is 0 Å². The SMILES string of the molecule is COc1cccc(CC(=O)N2CCN(C(=O)C(C)(C)c3ccccc3)CC2)c1. The Labute approximate surface area is 166 Å². The average Bonchev–Trinajstić information content (AvgIpc) is 2.74. The normalized spacial score (nSPS) is 14.7. The van der Waals surface area contributed by atoms with Crippen molar-refractivity contribution in [3.63, 3.8) is 0 Å². The van der Waals surface area contributed by atoms with Crippen LogP contribution in [-0.4, -0.2) is 54.9 Å². The van der Waals surface area contributed by atoms with E-state index in [1.807, 2.05) is 78.2 Å². The predicted molar refractivity (Wildman–Crippen MR) is 109 cm³/mol. The highest BCUT2D eigenvalue weighted by molar-refractivity contribution is 5.87. The molecule has 2 aromatic rings. The van der Waals surface area contributed by atoms with Gasteiger partial charge in [-0.05, 0) is 37.1 Å². The molecule has 1 aliphatic rings. The number of carbonyl (C=O) groups is 2. The molecular weight excluding hydrogens is 352 g/mol. The van der Waals surface area contributed by atoms with Gasteiger partial charge in [0.25, 0.3) is 0 Å². The minimum Gasteiger partial charge on any atom is -0.497 e. The summed E-state index contributed by atoms with van der Waals surface area (Å²) in [5.74, 6) is 0.949. The van der Waals surface area contributed by atoms with Gasteiger partial charge in [-0.15, -0.1) is 0 Å². The van der Waals surface area contributed by atoms with E-state index in [1.165, 1.54) is 0 Å². The summed E-state index contributed by atoms with van der Waals surface area (Å²) >= 11 is 0. The van der Waals surface area contributed by atoms with E-state index in [9.17, 15) is 9.59 Å². The molecule has 0 N–H and O–H groups in total. The number of carbonyl (C=O) groups excluding carboxylic acids is 2. The number of benzene rings is 2. The molecule has 1 heterocycles. The molecule has 0 bridgehead atoms. The monoisotopic (exact) mass is 380 g/mol. The summed E-state index contributed by atoms with van der Waals surface area (Å²) in [6, 6.07) is 17.4. The lowest BCUT2D eigenvalue weighted by molar-refractivity contribution is -0.142.